The summed E-state index contributed by atoms with van der Waals surface area (Å²) in [5.41, 5.74) is 2.75. The van der Waals surface area contributed by atoms with Crippen LogP contribution in [-0.2, 0) is 0 Å². The molecule has 88 valence electrons. The van der Waals surface area contributed by atoms with E-state index >= 15 is 0 Å². The van der Waals surface area contributed by atoms with Crippen molar-refractivity contribution in [1.29, 1.82) is 0 Å². The van der Waals surface area contributed by atoms with Crippen molar-refractivity contribution < 1.29 is 14.6 Å². The third-order valence-electron chi connectivity index (χ3n) is 2.19. The normalized spacial score (nSPS) is 10.2. The lowest BCUT2D eigenvalue weighted by Gasteiger charge is -2.05. The number of halogens is 1. The van der Waals surface area contributed by atoms with E-state index in [0.717, 1.165) is 21.4 Å². The number of hydrogen-bond acceptors (Lipinski definition) is 4. The number of hydrogen-bond donors (Lipinski definition) is 1. The predicted octanol–water partition coefficient (Wildman–Crippen LogP) is 3.28. The second kappa shape index (κ2) is 4.85. The zero-order valence-electron chi connectivity index (χ0n) is 8.81. The van der Waals surface area contributed by atoms with E-state index in [1.165, 1.54) is 5.51 Å². The van der Waals surface area contributed by atoms with Crippen LogP contribution < -0.4 is 4.74 Å². The van der Waals surface area contributed by atoms with E-state index in [9.17, 15) is 4.79 Å². The summed E-state index contributed by atoms with van der Waals surface area (Å²) in [6.45, 7) is 0. The van der Waals surface area contributed by atoms with Crippen LogP contribution in [0.4, 0.5) is 0 Å². The van der Waals surface area contributed by atoms with Gasteiger partial charge in [0.15, 0.2) is 0 Å². The number of carboxylic acid groups (broad SMARTS) is 1. The first-order valence-corrected chi connectivity index (χ1v) is 6.31. The largest absolute Gasteiger partial charge is 0.496 e. The first kappa shape index (κ1) is 12.1. The summed E-state index contributed by atoms with van der Waals surface area (Å²) in [6, 6.07) is 5.34. The summed E-state index contributed by atoms with van der Waals surface area (Å²) in [5.74, 6) is -0.268. The number of carbonyl (C=O) groups is 1. The van der Waals surface area contributed by atoms with Gasteiger partial charge in [0.1, 0.15) is 10.6 Å². The van der Waals surface area contributed by atoms with Crippen LogP contribution in [0, 0.1) is 0 Å². The number of nitrogens with zero attached hydrogens (tertiary/aromatic N) is 1. The highest BCUT2D eigenvalue weighted by Gasteiger charge is 2.15. The molecule has 1 aromatic carbocycles. The molecule has 0 saturated heterocycles. The molecule has 0 radical (unpaired) electrons. The molecule has 0 spiro atoms. The van der Waals surface area contributed by atoms with Crippen LogP contribution in [0.2, 0.25) is 0 Å². The zero-order valence-corrected chi connectivity index (χ0v) is 11.2. The lowest BCUT2D eigenvalue weighted by molar-refractivity contribution is 0.0702. The van der Waals surface area contributed by atoms with Gasteiger partial charge in [0.05, 0.1) is 22.8 Å². The smallest absolute Gasteiger partial charge is 0.348 e. The van der Waals surface area contributed by atoms with E-state index in [-0.39, 0.29) is 4.88 Å². The van der Waals surface area contributed by atoms with Gasteiger partial charge in [-0.15, -0.1) is 11.3 Å². The highest BCUT2D eigenvalue weighted by Crippen LogP contribution is 2.32. The fourth-order valence-corrected chi connectivity index (χ4v) is 2.60. The zero-order chi connectivity index (χ0) is 12.4. The van der Waals surface area contributed by atoms with Gasteiger partial charge in [-0.25, -0.2) is 9.78 Å². The number of aromatic nitrogens is 1. The topological polar surface area (TPSA) is 59.4 Å². The Morgan fingerprint density at radius 1 is 1.53 bits per heavy atom. The average molecular weight is 314 g/mol. The van der Waals surface area contributed by atoms with E-state index in [2.05, 4.69) is 20.9 Å². The Morgan fingerprint density at radius 3 is 2.88 bits per heavy atom. The minimum atomic E-state index is -0.963. The summed E-state index contributed by atoms with van der Waals surface area (Å²) in [7, 11) is 1.57. The molecule has 17 heavy (non-hydrogen) atoms. The average Bonchev–Trinajstić information content (AvgIpc) is 2.77. The molecular weight excluding hydrogens is 306 g/mol. The Balaban J connectivity index is 2.50. The predicted molar refractivity (Wildman–Crippen MR) is 68.8 cm³/mol. The number of carboxylic acids is 1. The summed E-state index contributed by atoms with van der Waals surface area (Å²) >= 11 is 4.47. The summed E-state index contributed by atoms with van der Waals surface area (Å²) in [6.07, 6.45) is 0. The number of aromatic carboxylic acids is 1. The summed E-state index contributed by atoms with van der Waals surface area (Å²) in [5, 5.41) is 9.02. The van der Waals surface area contributed by atoms with Crippen LogP contribution in [-0.4, -0.2) is 23.2 Å². The SMILES string of the molecule is COc1ccc(-c2ncsc2C(=O)O)cc1Br. The van der Waals surface area contributed by atoms with Gasteiger partial charge in [-0.1, -0.05) is 0 Å². The lowest BCUT2D eigenvalue weighted by atomic mass is 10.1. The van der Waals surface area contributed by atoms with Gasteiger partial charge < -0.3 is 9.84 Å². The molecule has 0 aliphatic carbocycles. The van der Waals surface area contributed by atoms with Gasteiger partial charge in [0.25, 0.3) is 0 Å². The van der Waals surface area contributed by atoms with Gasteiger partial charge >= 0.3 is 5.97 Å². The van der Waals surface area contributed by atoms with E-state index in [1.807, 2.05) is 0 Å². The molecule has 2 rings (SSSR count). The molecule has 2 aromatic rings. The maximum absolute atomic E-state index is 11.0. The third-order valence-corrected chi connectivity index (χ3v) is 3.62. The van der Waals surface area contributed by atoms with Crippen molar-refractivity contribution in [3.8, 4) is 17.0 Å². The first-order chi connectivity index (χ1) is 8.13. The summed E-state index contributed by atoms with van der Waals surface area (Å²) < 4.78 is 5.88. The molecule has 0 aliphatic rings. The van der Waals surface area contributed by atoms with Crippen molar-refractivity contribution >= 4 is 33.2 Å². The minimum Gasteiger partial charge on any atom is -0.496 e. The second-order valence-electron chi connectivity index (χ2n) is 3.18. The molecular formula is C11H8BrNO3S. The minimum absolute atomic E-state index is 0.238. The fourth-order valence-electron chi connectivity index (χ4n) is 1.42. The quantitative estimate of drug-likeness (QED) is 0.944. The molecule has 0 aliphatic heterocycles. The number of rotatable bonds is 3. The first-order valence-electron chi connectivity index (χ1n) is 4.64. The Kier molecular flexibility index (Phi) is 3.44. The van der Waals surface area contributed by atoms with Crippen molar-refractivity contribution in [2.75, 3.05) is 7.11 Å². The van der Waals surface area contributed by atoms with E-state index in [1.54, 1.807) is 25.3 Å². The fraction of sp³-hybridized carbons (Fsp3) is 0.0909. The van der Waals surface area contributed by atoms with Crippen molar-refractivity contribution in [3.05, 3.63) is 33.1 Å². The highest BCUT2D eigenvalue weighted by atomic mass is 79.9. The molecule has 0 amide bonds. The molecule has 1 heterocycles. The molecule has 0 unspecified atom stereocenters. The van der Waals surface area contributed by atoms with Gasteiger partial charge in [-0.3, -0.25) is 0 Å². The van der Waals surface area contributed by atoms with Crippen molar-refractivity contribution in [3.63, 3.8) is 0 Å². The van der Waals surface area contributed by atoms with Crippen LogP contribution in [0.5, 0.6) is 5.75 Å². The number of methoxy groups -OCH3 is 1. The Bertz CT molecular complexity index is 568. The maximum atomic E-state index is 11.0. The number of ether oxygens (including phenoxy) is 1. The van der Waals surface area contributed by atoms with E-state index < -0.39 is 5.97 Å². The molecule has 0 fully saturated rings. The number of benzene rings is 1. The van der Waals surface area contributed by atoms with Gasteiger partial charge in [-0.05, 0) is 34.1 Å². The number of thiazole rings is 1. The Labute approximate surface area is 110 Å². The van der Waals surface area contributed by atoms with Crippen molar-refractivity contribution in [1.82, 2.24) is 4.98 Å². The molecule has 0 atom stereocenters. The van der Waals surface area contributed by atoms with Crippen LogP contribution in [0.3, 0.4) is 0 Å². The van der Waals surface area contributed by atoms with Crippen LogP contribution >= 0.6 is 27.3 Å². The molecule has 6 heteroatoms. The highest BCUT2D eigenvalue weighted by molar-refractivity contribution is 9.10. The van der Waals surface area contributed by atoms with Crippen molar-refractivity contribution in [2.24, 2.45) is 0 Å². The van der Waals surface area contributed by atoms with Crippen molar-refractivity contribution in [2.45, 2.75) is 0 Å². The van der Waals surface area contributed by atoms with Gasteiger partial charge in [0, 0.05) is 5.56 Å². The molecule has 1 N–H and O–H groups in total. The molecule has 0 saturated carbocycles. The molecule has 0 bridgehead atoms. The standard InChI is InChI=1S/C11H8BrNO3S/c1-16-8-3-2-6(4-7(8)12)9-10(11(14)15)17-5-13-9/h2-5H,1H3,(H,14,15). The lowest BCUT2D eigenvalue weighted by Crippen LogP contribution is -1.95. The maximum Gasteiger partial charge on any atom is 0.348 e. The molecule has 4 nitrogen and oxygen atoms in total. The van der Waals surface area contributed by atoms with Crippen LogP contribution in [0.1, 0.15) is 9.67 Å². The third kappa shape index (κ3) is 2.32. The Hall–Kier alpha value is -1.40. The van der Waals surface area contributed by atoms with Gasteiger partial charge in [0.2, 0.25) is 0 Å². The monoisotopic (exact) mass is 313 g/mol. The molecule has 1 aromatic heterocycles. The van der Waals surface area contributed by atoms with E-state index in [0.29, 0.717) is 11.4 Å². The van der Waals surface area contributed by atoms with E-state index in [4.69, 9.17) is 9.84 Å². The van der Waals surface area contributed by atoms with Crippen LogP contribution in [0.15, 0.2) is 28.2 Å². The second-order valence-corrected chi connectivity index (χ2v) is 4.89. The summed E-state index contributed by atoms with van der Waals surface area (Å²) in [4.78, 5) is 15.3. The van der Waals surface area contributed by atoms with Crippen LogP contribution in [0.25, 0.3) is 11.3 Å². The van der Waals surface area contributed by atoms with Gasteiger partial charge in [-0.2, -0.15) is 0 Å². The Morgan fingerprint density at radius 2 is 2.29 bits per heavy atom.